The van der Waals surface area contributed by atoms with E-state index in [1.807, 2.05) is 24.3 Å². The van der Waals surface area contributed by atoms with Crippen LogP contribution in [0.2, 0.25) is 0 Å². The number of likely N-dealkylation sites (N-methyl/N-ethyl adjacent to an activating group) is 1. The van der Waals surface area contributed by atoms with Crippen molar-refractivity contribution in [1.82, 2.24) is 4.90 Å². The first-order chi connectivity index (χ1) is 11.5. The van der Waals surface area contributed by atoms with Gasteiger partial charge in [-0.05, 0) is 36.2 Å². The smallest absolute Gasteiger partial charge is 0.409 e. The predicted octanol–water partition coefficient (Wildman–Crippen LogP) is 3.38. The number of carbonyl (C=O) groups is 1. The van der Waals surface area contributed by atoms with E-state index >= 15 is 0 Å². The normalized spacial score (nSPS) is 16.8. The SMILES string of the molecule is CN1C(=O)OCC1Cc1ccc(Oc2ccc([N+](=O)[O-])cc2)cc1. The first kappa shape index (κ1) is 15.8. The Kier molecular flexibility index (Phi) is 4.33. The lowest BCUT2D eigenvalue weighted by molar-refractivity contribution is -0.384. The molecule has 0 saturated carbocycles. The van der Waals surface area contributed by atoms with Crippen LogP contribution in [0, 0.1) is 10.1 Å². The summed E-state index contributed by atoms with van der Waals surface area (Å²) in [5, 5.41) is 10.6. The summed E-state index contributed by atoms with van der Waals surface area (Å²) in [6.45, 7) is 0.399. The molecule has 1 unspecified atom stereocenters. The molecule has 2 aromatic rings. The molecule has 1 aliphatic heterocycles. The van der Waals surface area contributed by atoms with Gasteiger partial charge in [0.1, 0.15) is 18.1 Å². The number of hydrogen-bond acceptors (Lipinski definition) is 5. The van der Waals surface area contributed by atoms with Crippen LogP contribution in [0.1, 0.15) is 5.56 Å². The fraction of sp³-hybridized carbons (Fsp3) is 0.235. The summed E-state index contributed by atoms with van der Waals surface area (Å²) in [5.74, 6) is 1.17. The number of ether oxygens (including phenoxy) is 2. The average molecular weight is 328 g/mol. The number of cyclic esters (lactones) is 1. The molecule has 0 bridgehead atoms. The van der Waals surface area contributed by atoms with E-state index in [4.69, 9.17) is 9.47 Å². The van der Waals surface area contributed by atoms with Crippen LogP contribution in [-0.2, 0) is 11.2 Å². The Morgan fingerprint density at radius 1 is 1.17 bits per heavy atom. The molecule has 0 aliphatic carbocycles. The number of nitro benzene ring substituents is 1. The van der Waals surface area contributed by atoms with Crippen molar-refractivity contribution in [1.29, 1.82) is 0 Å². The monoisotopic (exact) mass is 328 g/mol. The van der Waals surface area contributed by atoms with E-state index in [0.717, 1.165) is 5.56 Å². The molecular weight excluding hydrogens is 312 g/mol. The minimum absolute atomic E-state index is 0.0233. The van der Waals surface area contributed by atoms with Gasteiger partial charge in [-0.3, -0.25) is 10.1 Å². The molecule has 2 aromatic carbocycles. The van der Waals surface area contributed by atoms with Crippen LogP contribution in [0.15, 0.2) is 48.5 Å². The van der Waals surface area contributed by atoms with E-state index in [2.05, 4.69) is 0 Å². The van der Waals surface area contributed by atoms with Crippen molar-refractivity contribution in [2.75, 3.05) is 13.7 Å². The van der Waals surface area contributed by atoms with Gasteiger partial charge < -0.3 is 14.4 Å². The summed E-state index contributed by atoms with van der Waals surface area (Å²) in [4.78, 5) is 23.1. The molecule has 7 heteroatoms. The number of hydrogen-bond donors (Lipinski definition) is 0. The van der Waals surface area contributed by atoms with Crippen LogP contribution in [0.5, 0.6) is 11.5 Å². The quantitative estimate of drug-likeness (QED) is 0.621. The molecule has 0 radical (unpaired) electrons. The molecule has 0 N–H and O–H groups in total. The fourth-order valence-corrected chi connectivity index (χ4v) is 2.46. The summed E-state index contributed by atoms with van der Waals surface area (Å²) in [5.41, 5.74) is 1.09. The van der Waals surface area contributed by atoms with Gasteiger partial charge >= 0.3 is 6.09 Å². The number of non-ortho nitro benzene ring substituents is 1. The lowest BCUT2D eigenvalue weighted by Gasteiger charge is -2.16. The number of nitro groups is 1. The van der Waals surface area contributed by atoms with Crippen molar-refractivity contribution in [3.8, 4) is 11.5 Å². The Morgan fingerprint density at radius 3 is 2.25 bits per heavy atom. The van der Waals surface area contributed by atoms with Crippen molar-refractivity contribution in [2.45, 2.75) is 12.5 Å². The van der Waals surface area contributed by atoms with Crippen molar-refractivity contribution >= 4 is 11.8 Å². The van der Waals surface area contributed by atoms with E-state index in [1.54, 1.807) is 24.1 Å². The van der Waals surface area contributed by atoms with E-state index in [9.17, 15) is 14.9 Å². The summed E-state index contributed by atoms with van der Waals surface area (Å²) in [6.07, 6.45) is 0.415. The highest BCUT2D eigenvalue weighted by Crippen LogP contribution is 2.25. The van der Waals surface area contributed by atoms with Gasteiger partial charge in [0.25, 0.3) is 5.69 Å². The number of nitrogens with zero attached hydrogens (tertiary/aromatic N) is 2. The van der Waals surface area contributed by atoms with Crippen molar-refractivity contribution in [2.24, 2.45) is 0 Å². The molecule has 1 fully saturated rings. The highest BCUT2D eigenvalue weighted by Gasteiger charge is 2.29. The molecule has 1 saturated heterocycles. The minimum atomic E-state index is -0.451. The van der Waals surface area contributed by atoms with Gasteiger partial charge in [-0.2, -0.15) is 0 Å². The largest absolute Gasteiger partial charge is 0.457 e. The molecule has 24 heavy (non-hydrogen) atoms. The maximum Gasteiger partial charge on any atom is 0.409 e. The Hall–Kier alpha value is -3.09. The molecule has 1 amide bonds. The zero-order valence-electron chi connectivity index (χ0n) is 13.0. The summed E-state index contributed by atoms with van der Waals surface area (Å²) in [6, 6.07) is 13.5. The standard InChI is InChI=1S/C17H16N2O5/c1-18-14(11-23-17(18)20)10-12-2-6-15(7-3-12)24-16-8-4-13(5-9-16)19(21)22/h2-9,14H,10-11H2,1H3. The molecule has 1 aliphatic rings. The Labute approximate surface area is 138 Å². The van der Waals surface area contributed by atoms with Crippen molar-refractivity contribution < 1.29 is 19.2 Å². The maximum atomic E-state index is 11.3. The highest BCUT2D eigenvalue weighted by atomic mass is 16.6. The summed E-state index contributed by atoms with van der Waals surface area (Å²) in [7, 11) is 1.73. The number of amides is 1. The van der Waals surface area contributed by atoms with Crippen molar-refractivity contribution in [3.63, 3.8) is 0 Å². The van der Waals surface area contributed by atoms with E-state index in [0.29, 0.717) is 24.5 Å². The Bertz CT molecular complexity index is 743. The second-order valence-electron chi connectivity index (χ2n) is 5.54. The van der Waals surface area contributed by atoms with Gasteiger partial charge in [-0.25, -0.2) is 4.79 Å². The van der Waals surface area contributed by atoms with Gasteiger partial charge in [0.2, 0.25) is 0 Å². The maximum absolute atomic E-state index is 11.3. The molecule has 7 nitrogen and oxygen atoms in total. The molecule has 124 valence electrons. The zero-order valence-corrected chi connectivity index (χ0v) is 13.0. The highest BCUT2D eigenvalue weighted by molar-refractivity contribution is 5.69. The van der Waals surface area contributed by atoms with Gasteiger partial charge in [0.05, 0.1) is 11.0 Å². The van der Waals surface area contributed by atoms with Gasteiger partial charge in [-0.15, -0.1) is 0 Å². The predicted molar refractivity (Wildman–Crippen MR) is 86.2 cm³/mol. The first-order valence-corrected chi connectivity index (χ1v) is 7.44. The topological polar surface area (TPSA) is 81.9 Å². The van der Waals surface area contributed by atoms with E-state index in [-0.39, 0.29) is 17.8 Å². The second kappa shape index (κ2) is 6.57. The number of benzene rings is 2. The Balaban J connectivity index is 1.62. The minimum Gasteiger partial charge on any atom is -0.457 e. The third-order valence-corrected chi connectivity index (χ3v) is 3.91. The third kappa shape index (κ3) is 3.45. The fourth-order valence-electron chi connectivity index (χ4n) is 2.46. The molecule has 3 rings (SSSR count). The second-order valence-corrected chi connectivity index (χ2v) is 5.54. The summed E-state index contributed by atoms with van der Waals surface area (Å²) >= 11 is 0. The van der Waals surface area contributed by atoms with Gasteiger partial charge in [0, 0.05) is 19.2 Å². The van der Waals surface area contributed by atoms with E-state index < -0.39 is 4.92 Å². The van der Waals surface area contributed by atoms with Crippen LogP contribution >= 0.6 is 0 Å². The molecule has 1 heterocycles. The summed E-state index contributed by atoms with van der Waals surface area (Å²) < 4.78 is 10.7. The first-order valence-electron chi connectivity index (χ1n) is 7.44. The van der Waals surface area contributed by atoms with Crippen LogP contribution in [0.3, 0.4) is 0 Å². The van der Waals surface area contributed by atoms with Crippen LogP contribution in [0.4, 0.5) is 10.5 Å². The van der Waals surface area contributed by atoms with E-state index in [1.165, 1.54) is 12.1 Å². The number of carbonyl (C=O) groups excluding carboxylic acids is 1. The van der Waals surface area contributed by atoms with Gasteiger partial charge in [0.15, 0.2) is 0 Å². The third-order valence-electron chi connectivity index (χ3n) is 3.91. The lowest BCUT2D eigenvalue weighted by atomic mass is 10.1. The molecule has 0 aromatic heterocycles. The molecule has 0 spiro atoms. The van der Waals surface area contributed by atoms with Gasteiger partial charge in [-0.1, -0.05) is 12.1 Å². The molecular formula is C17H16N2O5. The number of rotatable bonds is 5. The van der Waals surface area contributed by atoms with Crippen LogP contribution in [-0.4, -0.2) is 35.6 Å². The van der Waals surface area contributed by atoms with Crippen LogP contribution < -0.4 is 4.74 Å². The lowest BCUT2D eigenvalue weighted by Crippen LogP contribution is -2.30. The average Bonchev–Trinajstić information content (AvgIpc) is 2.89. The van der Waals surface area contributed by atoms with Crippen LogP contribution in [0.25, 0.3) is 0 Å². The molecule has 1 atom stereocenters. The Morgan fingerprint density at radius 2 is 1.75 bits per heavy atom. The van der Waals surface area contributed by atoms with Crippen molar-refractivity contribution in [3.05, 3.63) is 64.2 Å². The zero-order chi connectivity index (χ0) is 17.1.